The van der Waals surface area contributed by atoms with Gasteiger partial charge in [-0.15, -0.1) is 24.0 Å². The van der Waals surface area contributed by atoms with Crippen LogP contribution in [0.15, 0.2) is 41.9 Å². The van der Waals surface area contributed by atoms with Crippen LogP contribution in [0.25, 0.3) is 5.69 Å². The van der Waals surface area contributed by atoms with Gasteiger partial charge in [-0.25, -0.2) is 9.37 Å². The number of halogens is 2. The summed E-state index contributed by atoms with van der Waals surface area (Å²) >= 11 is 0. The van der Waals surface area contributed by atoms with Crippen molar-refractivity contribution in [3.05, 3.63) is 48.3 Å². The normalized spacial score (nSPS) is 11.4. The van der Waals surface area contributed by atoms with E-state index in [4.69, 9.17) is 4.74 Å². The molecule has 2 aromatic rings. The molecule has 1 aromatic carbocycles. The molecule has 0 fully saturated rings. The maximum atomic E-state index is 14.3. The molecule has 1 aromatic heterocycles. The highest BCUT2D eigenvalue weighted by atomic mass is 127. The van der Waals surface area contributed by atoms with E-state index in [0.29, 0.717) is 37.3 Å². The van der Waals surface area contributed by atoms with Crippen molar-refractivity contribution < 1.29 is 9.13 Å². The smallest absolute Gasteiger partial charge is 0.191 e. The minimum atomic E-state index is -0.288. The van der Waals surface area contributed by atoms with Gasteiger partial charge in [-0.05, 0) is 30.0 Å². The Morgan fingerprint density at radius 3 is 2.74 bits per heavy atom. The minimum Gasteiger partial charge on any atom is -0.380 e. The molecule has 0 spiro atoms. The van der Waals surface area contributed by atoms with Gasteiger partial charge in [0, 0.05) is 39.1 Å². The molecule has 8 heteroatoms. The summed E-state index contributed by atoms with van der Waals surface area (Å²) in [5.41, 5.74) is 1.31. The highest BCUT2D eigenvalue weighted by Gasteiger charge is 2.06. The molecule has 2 rings (SSSR count). The SMILES string of the molecule is CN=C(NCCOCCC(C)C)NCc1ccc(-n2ccnc2)c(F)c1.I. The topological polar surface area (TPSA) is 63.5 Å². The van der Waals surface area contributed by atoms with Crippen LogP contribution >= 0.6 is 24.0 Å². The van der Waals surface area contributed by atoms with Crippen LogP contribution in [0.5, 0.6) is 0 Å². The van der Waals surface area contributed by atoms with E-state index >= 15 is 0 Å². The molecule has 0 aliphatic rings. The van der Waals surface area contributed by atoms with Gasteiger partial charge in [0.05, 0.1) is 18.6 Å². The molecule has 0 saturated heterocycles. The number of imidazole rings is 1. The summed E-state index contributed by atoms with van der Waals surface area (Å²) in [6.07, 6.45) is 5.97. The van der Waals surface area contributed by atoms with Crippen molar-refractivity contribution in [2.45, 2.75) is 26.8 Å². The first-order valence-corrected chi connectivity index (χ1v) is 8.89. The van der Waals surface area contributed by atoms with Crippen molar-refractivity contribution in [2.24, 2.45) is 10.9 Å². The fraction of sp³-hybridized carbons (Fsp3) is 0.474. The van der Waals surface area contributed by atoms with Crippen molar-refractivity contribution in [3.63, 3.8) is 0 Å². The van der Waals surface area contributed by atoms with Crippen LogP contribution in [0.4, 0.5) is 4.39 Å². The fourth-order valence-corrected chi connectivity index (χ4v) is 2.34. The predicted octanol–water partition coefficient (Wildman–Crippen LogP) is 3.36. The Morgan fingerprint density at radius 2 is 2.11 bits per heavy atom. The van der Waals surface area contributed by atoms with Crippen molar-refractivity contribution in [1.82, 2.24) is 20.2 Å². The first-order valence-electron chi connectivity index (χ1n) is 8.89. The van der Waals surface area contributed by atoms with Gasteiger partial charge in [0.1, 0.15) is 5.82 Å². The molecule has 0 aliphatic carbocycles. The van der Waals surface area contributed by atoms with Crippen LogP contribution in [0.3, 0.4) is 0 Å². The maximum Gasteiger partial charge on any atom is 0.191 e. The number of hydrogen-bond acceptors (Lipinski definition) is 3. The Morgan fingerprint density at radius 1 is 1.30 bits per heavy atom. The number of rotatable bonds is 9. The first kappa shape index (κ1) is 23.4. The van der Waals surface area contributed by atoms with Crippen molar-refractivity contribution in [1.29, 1.82) is 0 Å². The van der Waals surface area contributed by atoms with Gasteiger partial charge in [0.25, 0.3) is 0 Å². The van der Waals surface area contributed by atoms with Crippen LogP contribution in [0.2, 0.25) is 0 Å². The molecule has 0 unspecified atom stereocenters. The Kier molecular flexibility index (Phi) is 11.0. The lowest BCUT2D eigenvalue weighted by atomic mass is 10.1. The van der Waals surface area contributed by atoms with E-state index in [1.54, 1.807) is 36.4 Å². The number of hydrogen-bond donors (Lipinski definition) is 2. The van der Waals surface area contributed by atoms with E-state index in [-0.39, 0.29) is 29.8 Å². The van der Waals surface area contributed by atoms with Crippen LogP contribution in [-0.4, -0.2) is 42.3 Å². The fourth-order valence-electron chi connectivity index (χ4n) is 2.34. The van der Waals surface area contributed by atoms with Crippen molar-refractivity contribution in [3.8, 4) is 5.69 Å². The van der Waals surface area contributed by atoms with Crippen molar-refractivity contribution in [2.75, 3.05) is 26.8 Å². The number of aliphatic imine (C=N–C) groups is 1. The van der Waals surface area contributed by atoms with Gasteiger partial charge in [-0.3, -0.25) is 4.99 Å². The summed E-state index contributed by atoms with van der Waals surface area (Å²) in [5.74, 6) is 1.03. The second kappa shape index (κ2) is 12.7. The monoisotopic (exact) mass is 489 g/mol. The average Bonchev–Trinajstić information content (AvgIpc) is 3.14. The molecule has 27 heavy (non-hydrogen) atoms. The molecule has 150 valence electrons. The van der Waals surface area contributed by atoms with Gasteiger partial charge in [-0.2, -0.15) is 0 Å². The maximum absolute atomic E-state index is 14.3. The highest BCUT2D eigenvalue weighted by molar-refractivity contribution is 14.0. The first-order chi connectivity index (χ1) is 12.6. The zero-order chi connectivity index (χ0) is 18.8. The van der Waals surface area contributed by atoms with Gasteiger partial charge in [0.15, 0.2) is 5.96 Å². The van der Waals surface area contributed by atoms with E-state index in [1.165, 1.54) is 6.07 Å². The molecule has 0 bridgehead atoms. The summed E-state index contributed by atoms with van der Waals surface area (Å²) in [5, 5.41) is 6.36. The van der Waals surface area contributed by atoms with Gasteiger partial charge in [0.2, 0.25) is 0 Å². The standard InChI is InChI=1S/C19H28FN5O.HI/c1-15(2)6-10-26-11-8-23-19(21-3)24-13-16-4-5-18(17(20)12-16)25-9-7-22-14-25;/h4-5,7,9,12,14-15H,6,8,10-11,13H2,1-3H3,(H2,21,23,24);1H. The molecule has 0 aliphatic heterocycles. The quantitative estimate of drug-likeness (QED) is 0.246. The zero-order valence-corrected chi connectivity index (χ0v) is 18.4. The molecule has 0 saturated carbocycles. The second-order valence-electron chi connectivity index (χ2n) is 6.40. The summed E-state index contributed by atoms with van der Waals surface area (Å²) in [6.45, 7) is 6.91. The molecule has 0 radical (unpaired) electrons. The number of ether oxygens (including phenoxy) is 1. The summed E-state index contributed by atoms with van der Waals surface area (Å²) in [7, 11) is 1.71. The largest absolute Gasteiger partial charge is 0.380 e. The number of nitrogens with one attached hydrogen (secondary N) is 2. The molecule has 0 atom stereocenters. The molecular weight excluding hydrogens is 460 g/mol. The predicted molar refractivity (Wildman–Crippen MR) is 117 cm³/mol. The van der Waals surface area contributed by atoms with E-state index in [1.807, 2.05) is 6.07 Å². The van der Waals surface area contributed by atoms with Gasteiger partial charge in [-0.1, -0.05) is 19.9 Å². The Balaban J connectivity index is 0.00000364. The van der Waals surface area contributed by atoms with E-state index in [0.717, 1.165) is 18.6 Å². The lowest BCUT2D eigenvalue weighted by molar-refractivity contribution is 0.128. The summed E-state index contributed by atoms with van der Waals surface area (Å²) < 4.78 is 21.5. The molecular formula is C19H29FIN5O. The lowest BCUT2D eigenvalue weighted by Crippen LogP contribution is -2.38. The summed E-state index contributed by atoms with van der Waals surface area (Å²) in [4.78, 5) is 8.10. The van der Waals surface area contributed by atoms with Crippen LogP contribution < -0.4 is 10.6 Å². The van der Waals surface area contributed by atoms with E-state index in [2.05, 4.69) is 34.5 Å². The highest BCUT2D eigenvalue weighted by Crippen LogP contribution is 2.14. The van der Waals surface area contributed by atoms with Gasteiger partial charge >= 0.3 is 0 Å². The van der Waals surface area contributed by atoms with E-state index in [9.17, 15) is 4.39 Å². The van der Waals surface area contributed by atoms with Crippen LogP contribution in [-0.2, 0) is 11.3 Å². The molecule has 1 heterocycles. The lowest BCUT2D eigenvalue weighted by Gasteiger charge is -2.13. The summed E-state index contributed by atoms with van der Waals surface area (Å²) in [6, 6.07) is 5.14. The molecule has 2 N–H and O–H groups in total. The third-order valence-electron chi connectivity index (χ3n) is 3.86. The number of aromatic nitrogens is 2. The third kappa shape index (κ3) is 8.25. The van der Waals surface area contributed by atoms with Gasteiger partial charge < -0.3 is 19.9 Å². The van der Waals surface area contributed by atoms with Crippen molar-refractivity contribution >= 4 is 29.9 Å². The Labute approximate surface area is 177 Å². The van der Waals surface area contributed by atoms with E-state index < -0.39 is 0 Å². The van der Waals surface area contributed by atoms with Crippen LogP contribution in [0.1, 0.15) is 25.8 Å². The molecule has 0 amide bonds. The Hall–Kier alpha value is -1.68. The number of nitrogens with zero attached hydrogens (tertiary/aromatic N) is 3. The zero-order valence-electron chi connectivity index (χ0n) is 16.1. The third-order valence-corrected chi connectivity index (χ3v) is 3.86. The second-order valence-corrected chi connectivity index (χ2v) is 6.40. The molecule has 6 nitrogen and oxygen atoms in total. The number of guanidine groups is 1. The minimum absolute atomic E-state index is 0. The van der Waals surface area contributed by atoms with Crippen LogP contribution in [0, 0.1) is 11.7 Å². The number of benzene rings is 1. The average molecular weight is 489 g/mol. The Bertz CT molecular complexity index is 691.